The van der Waals surface area contributed by atoms with Crippen molar-refractivity contribution in [2.75, 3.05) is 36.9 Å². The fourth-order valence-electron chi connectivity index (χ4n) is 3.68. The van der Waals surface area contributed by atoms with Gasteiger partial charge in [0.15, 0.2) is 11.6 Å². The maximum absolute atomic E-state index is 5.97. The molecule has 0 unspecified atom stereocenters. The minimum Gasteiger partial charge on any atom is -0.494 e. The van der Waals surface area contributed by atoms with Crippen molar-refractivity contribution in [2.24, 2.45) is 0 Å². The molecule has 164 valence electrons. The number of aromatic nitrogens is 3. The number of anilines is 2. The molecule has 7 nitrogen and oxygen atoms in total. The number of rotatable bonds is 11. The summed E-state index contributed by atoms with van der Waals surface area (Å²) in [7, 11) is 0. The van der Waals surface area contributed by atoms with Crippen LogP contribution in [0.15, 0.2) is 48.7 Å². The lowest BCUT2D eigenvalue weighted by Gasteiger charge is -2.26. The Morgan fingerprint density at radius 1 is 0.968 bits per heavy atom. The van der Waals surface area contributed by atoms with Gasteiger partial charge in [-0.1, -0.05) is 24.6 Å². The van der Waals surface area contributed by atoms with E-state index in [0.717, 1.165) is 42.6 Å². The van der Waals surface area contributed by atoms with Crippen LogP contribution in [0.1, 0.15) is 36.9 Å². The maximum atomic E-state index is 5.97. The molecule has 2 N–H and O–H groups in total. The van der Waals surface area contributed by atoms with Crippen LogP contribution in [0.3, 0.4) is 0 Å². The highest BCUT2D eigenvalue weighted by atomic mass is 32.1. The first-order valence-electron chi connectivity index (χ1n) is 11.0. The van der Waals surface area contributed by atoms with Crippen LogP contribution in [-0.2, 0) is 13.1 Å². The molecule has 1 aliphatic rings. The molecule has 4 rings (SSSR count). The minimum absolute atomic E-state index is 0.623. The summed E-state index contributed by atoms with van der Waals surface area (Å²) >= 11 is 1.20. The third-order valence-corrected chi connectivity index (χ3v) is 5.82. The largest absolute Gasteiger partial charge is 0.494 e. The lowest BCUT2D eigenvalue weighted by molar-refractivity contribution is 0.220. The lowest BCUT2D eigenvalue weighted by atomic mass is 10.1. The average Bonchev–Trinajstić information content (AvgIpc) is 3.26. The molecule has 0 amide bonds. The number of piperidine rings is 1. The highest BCUT2D eigenvalue weighted by Crippen LogP contribution is 2.20. The van der Waals surface area contributed by atoms with Gasteiger partial charge in [-0.15, -0.1) is 0 Å². The van der Waals surface area contributed by atoms with Crippen LogP contribution in [0, 0.1) is 0 Å². The summed E-state index contributed by atoms with van der Waals surface area (Å²) in [6.07, 6.45) is 6.68. The van der Waals surface area contributed by atoms with E-state index in [-0.39, 0.29) is 0 Å². The summed E-state index contributed by atoms with van der Waals surface area (Å²) in [6.45, 7) is 5.50. The van der Waals surface area contributed by atoms with Crippen molar-refractivity contribution in [3.63, 3.8) is 0 Å². The Morgan fingerprint density at radius 2 is 1.84 bits per heavy atom. The third kappa shape index (κ3) is 6.90. The van der Waals surface area contributed by atoms with E-state index in [2.05, 4.69) is 47.5 Å². The summed E-state index contributed by atoms with van der Waals surface area (Å²) in [4.78, 5) is 6.85. The van der Waals surface area contributed by atoms with Crippen molar-refractivity contribution in [2.45, 2.75) is 38.8 Å². The fraction of sp³-hybridized carbons (Fsp3) is 0.435. The number of benzene rings is 1. The van der Waals surface area contributed by atoms with Gasteiger partial charge in [0.1, 0.15) is 5.75 Å². The summed E-state index contributed by atoms with van der Waals surface area (Å²) in [5, 5.41) is 6.64. The molecule has 0 atom stereocenters. The van der Waals surface area contributed by atoms with Crippen LogP contribution in [-0.4, -0.2) is 44.9 Å². The molecule has 0 spiro atoms. The molecule has 1 fully saturated rings. The Balaban J connectivity index is 1.16. The zero-order valence-electron chi connectivity index (χ0n) is 17.8. The first-order chi connectivity index (χ1) is 15.4. The Hall–Kier alpha value is -2.71. The minimum atomic E-state index is 0.623. The zero-order chi connectivity index (χ0) is 21.1. The maximum Gasteiger partial charge on any atom is 0.184 e. The highest BCUT2D eigenvalue weighted by molar-refractivity contribution is 6.99. The molecule has 1 saturated heterocycles. The van der Waals surface area contributed by atoms with Gasteiger partial charge in [0.2, 0.25) is 0 Å². The van der Waals surface area contributed by atoms with Crippen molar-refractivity contribution >= 4 is 23.4 Å². The smallest absolute Gasteiger partial charge is 0.184 e. The molecule has 1 aliphatic heterocycles. The number of nitrogens with zero attached hydrogens (tertiary/aromatic N) is 4. The van der Waals surface area contributed by atoms with Gasteiger partial charge in [-0.25, -0.2) is 0 Å². The second-order valence-electron chi connectivity index (χ2n) is 7.75. The van der Waals surface area contributed by atoms with E-state index in [9.17, 15) is 0 Å². The van der Waals surface area contributed by atoms with Crippen molar-refractivity contribution in [1.29, 1.82) is 0 Å². The predicted molar refractivity (Wildman–Crippen MR) is 126 cm³/mol. The van der Waals surface area contributed by atoms with Gasteiger partial charge in [0.05, 0.1) is 30.6 Å². The number of pyridine rings is 1. The molecule has 0 saturated carbocycles. The number of hydrogen-bond donors (Lipinski definition) is 2. The van der Waals surface area contributed by atoms with Crippen LogP contribution in [0.5, 0.6) is 5.75 Å². The molecule has 1 aromatic carbocycles. The Labute approximate surface area is 188 Å². The summed E-state index contributed by atoms with van der Waals surface area (Å²) < 4.78 is 14.6. The zero-order valence-corrected chi connectivity index (χ0v) is 18.6. The molecule has 3 heterocycles. The van der Waals surface area contributed by atoms with Gasteiger partial charge in [-0.2, -0.15) is 8.75 Å². The van der Waals surface area contributed by atoms with E-state index in [1.807, 2.05) is 24.3 Å². The molecular formula is C23H30N6OS. The van der Waals surface area contributed by atoms with Crippen LogP contribution in [0.25, 0.3) is 0 Å². The first kappa shape index (κ1) is 21.5. The molecule has 0 radical (unpaired) electrons. The van der Waals surface area contributed by atoms with Gasteiger partial charge in [-0.3, -0.25) is 9.88 Å². The normalized spacial score (nSPS) is 14.3. The summed E-state index contributed by atoms with van der Waals surface area (Å²) in [6, 6.07) is 14.4. The second-order valence-corrected chi connectivity index (χ2v) is 8.28. The predicted octanol–water partition coefficient (Wildman–Crippen LogP) is 4.41. The highest BCUT2D eigenvalue weighted by Gasteiger charge is 2.11. The van der Waals surface area contributed by atoms with Gasteiger partial charge in [0, 0.05) is 19.3 Å². The van der Waals surface area contributed by atoms with Gasteiger partial charge < -0.3 is 15.4 Å². The molecule has 2 aromatic heterocycles. The van der Waals surface area contributed by atoms with E-state index in [4.69, 9.17) is 4.74 Å². The SMILES string of the molecule is c1ccc(CNc2nsnc2NCCCOc2cccc(CN3CCCCC3)c2)nc1. The fourth-order valence-corrected chi connectivity index (χ4v) is 4.18. The van der Waals surface area contributed by atoms with Crippen molar-refractivity contribution in [1.82, 2.24) is 18.6 Å². The molecule has 0 aliphatic carbocycles. The standard InChI is InChI=1S/C23H30N6OS/c1-4-13-29(14-5-1)18-19-8-6-10-21(16-19)30-15-7-12-25-22-23(28-31-27-22)26-17-20-9-2-3-11-24-20/h2-3,6,8-11,16H,1,4-5,7,12-15,17-18H2,(H,25,27)(H,26,28). The quantitative estimate of drug-likeness (QED) is 0.430. The van der Waals surface area contributed by atoms with E-state index >= 15 is 0 Å². The molecular weight excluding hydrogens is 408 g/mol. The Bertz CT molecular complexity index is 913. The van der Waals surface area contributed by atoms with Crippen LogP contribution >= 0.6 is 11.7 Å². The van der Waals surface area contributed by atoms with E-state index in [1.165, 1.54) is 49.6 Å². The van der Waals surface area contributed by atoms with E-state index in [0.29, 0.717) is 13.2 Å². The Morgan fingerprint density at radius 3 is 2.68 bits per heavy atom. The monoisotopic (exact) mass is 438 g/mol. The van der Waals surface area contributed by atoms with Crippen LogP contribution in [0.2, 0.25) is 0 Å². The van der Waals surface area contributed by atoms with Crippen molar-refractivity contribution in [3.8, 4) is 5.75 Å². The van der Waals surface area contributed by atoms with E-state index < -0.39 is 0 Å². The number of likely N-dealkylation sites (tertiary alicyclic amines) is 1. The number of ether oxygens (including phenoxy) is 1. The van der Waals surface area contributed by atoms with Crippen molar-refractivity contribution < 1.29 is 4.74 Å². The number of hydrogen-bond acceptors (Lipinski definition) is 8. The van der Waals surface area contributed by atoms with Crippen LogP contribution in [0.4, 0.5) is 11.6 Å². The van der Waals surface area contributed by atoms with Crippen molar-refractivity contribution in [3.05, 3.63) is 59.9 Å². The van der Waals surface area contributed by atoms with Gasteiger partial charge in [-0.05, 0) is 62.2 Å². The van der Waals surface area contributed by atoms with Gasteiger partial charge in [0.25, 0.3) is 0 Å². The molecule has 3 aromatic rings. The summed E-state index contributed by atoms with van der Waals surface area (Å²) in [5.41, 5.74) is 2.30. The van der Waals surface area contributed by atoms with Crippen LogP contribution < -0.4 is 15.4 Å². The van der Waals surface area contributed by atoms with E-state index in [1.54, 1.807) is 6.20 Å². The molecule has 0 bridgehead atoms. The van der Waals surface area contributed by atoms with Gasteiger partial charge >= 0.3 is 0 Å². The lowest BCUT2D eigenvalue weighted by Crippen LogP contribution is -2.29. The third-order valence-electron chi connectivity index (χ3n) is 5.29. The average molecular weight is 439 g/mol. The summed E-state index contributed by atoms with van der Waals surface area (Å²) in [5.74, 6) is 2.49. The number of nitrogens with one attached hydrogen (secondary N) is 2. The topological polar surface area (TPSA) is 75.2 Å². The first-order valence-corrected chi connectivity index (χ1v) is 11.7. The second kappa shape index (κ2) is 11.6. The molecule has 31 heavy (non-hydrogen) atoms. The Kier molecular flexibility index (Phi) is 8.07. The molecule has 8 heteroatoms.